The lowest BCUT2D eigenvalue weighted by Crippen LogP contribution is -2.54. The molecule has 0 unspecified atom stereocenters. The molecule has 1 saturated heterocycles. The highest BCUT2D eigenvalue weighted by Gasteiger charge is 2.44. The van der Waals surface area contributed by atoms with Crippen molar-refractivity contribution in [2.75, 3.05) is 13.1 Å². The minimum Gasteiger partial charge on any atom is -0.389 e. The molecule has 0 radical (unpaired) electrons. The van der Waals surface area contributed by atoms with Gasteiger partial charge in [-0.05, 0) is 47.9 Å². The number of likely N-dealkylation sites (tertiary alicyclic amines) is 1. The maximum atomic E-state index is 13.2. The van der Waals surface area contributed by atoms with Gasteiger partial charge in [-0.3, -0.25) is 4.79 Å². The molecule has 1 aromatic carbocycles. The number of carbonyl (C=O) groups excluding carboxylic acids is 1. The lowest BCUT2D eigenvalue weighted by Gasteiger charge is -2.47. The number of fused-ring (bicyclic) bond motifs is 1. The number of hydrogen-bond donors (Lipinski definition) is 1. The molecule has 1 amide bonds. The highest BCUT2D eigenvalue weighted by molar-refractivity contribution is 9.10. The van der Waals surface area contributed by atoms with Crippen LogP contribution in [0.4, 0.5) is 0 Å². The third-order valence-corrected chi connectivity index (χ3v) is 5.99. The Balaban J connectivity index is 1.62. The van der Waals surface area contributed by atoms with Gasteiger partial charge in [-0.15, -0.1) is 5.10 Å². The molecule has 1 aromatic heterocycles. The molecule has 2 atom stereocenters. The maximum absolute atomic E-state index is 13.2. The topological polar surface area (TPSA) is 84.1 Å². The third kappa shape index (κ3) is 3.08. The number of rotatable bonds is 2. The number of carbonyl (C=O) groups is 1. The summed E-state index contributed by atoms with van der Waals surface area (Å²) in [5.41, 5.74) is 0.621. The first-order valence-electron chi connectivity index (χ1n) is 8.61. The van der Waals surface area contributed by atoms with Crippen LogP contribution >= 0.6 is 15.9 Å². The number of halogens is 1. The van der Waals surface area contributed by atoms with E-state index in [1.807, 2.05) is 17.0 Å². The maximum Gasteiger partial charge on any atom is 0.256 e. The Morgan fingerprint density at radius 1 is 1.32 bits per heavy atom. The van der Waals surface area contributed by atoms with E-state index in [2.05, 4.69) is 31.5 Å². The van der Waals surface area contributed by atoms with E-state index in [0.29, 0.717) is 30.8 Å². The van der Waals surface area contributed by atoms with Gasteiger partial charge in [0.1, 0.15) is 6.33 Å². The van der Waals surface area contributed by atoms with Crippen molar-refractivity contribution >= 4 is 21.8 Å². The van der Waals surface area contributed by atoms with Crippen LogP contribution < -0.4 is 0 Å². The zero-order valence-electron chi connectivity index (χ0n) is 13.8. The molecule has 4 rings (SSSR count). The van der Waals surface area contributed by atoms with E-state index < -0.39 is 5.60 Å². The van der Waals surface area contributed by atoms with E-state index in [1.54, 1.807) is 6.07 Å². The molecular formula is C17H20BrN5O2. The average molecular weight is 406 g/mol. The fourth-order valence-electron chi connectivity index (χ4n) is 4.08. The molecule has 132 valence electrons. The summed E-state index contributed by atoms with van der Waals surface area (Å²) >= 11 is 3.44. The minimum absolute atomic E-state index is 0.0422. The van der Waals surface area contributed by atoms with Gasteiger partial charge >= 0.3 is 0 Å². The summed E-state index contributed by atoms with van der Waals surface area (Å²) < 4.78 is 2.33. The summed E-state index contributed by atoms with van der Waals surface area (Å²) in [5.74, 6) is 0.127. The van der Waals surface area contributed by atoms with Gasteiger partial charge in [0.25, 0.3) is 5.91 Å². The predicted molar refractivity (Wildman–Crippen MR) is 94.3 cm³/mol. The van der Waals surface area contributed by atoms with Gasteiger partial charge < -0.3 is 10.0 Å². The van der Waals surface area contributed by atoms with E-state index in [1.165, 1.54) is 11.0 Å². The molecule has 25 heavy (non-hydrogen) atoms. The van der Waals surface area contributed by atoms with Gasteiger partial charge in [0.2, 0.25) is 0 Å². The summed E-state index contributed by atoms with van der Waals surface area (Å²) in [6.45, 7) is 1.18. The van der Waals surface area contributed by atoms with Crippen molar-refractivity contribution in [2.45, 2.75) is 37.7 Å². The second-order valence-electron chi connectivity index (χ2n) is 6.96. The standard InChI is InChI=1S/C17H20BrN5O2/c18-13-4-5-15(23-11-19-20-21-23)14(9-13)16(24)22-8-7-17(25)6-2-1-3-12(17)10-22/h4-5,9,11-12,25H,1-3,6-8,10H2/t12-,17-/m0/s1. The molecule has 7 nitrogen and oxygen atoms in total. The molecular weight excluding hydrogens is 386 g/mol. The number of amides is 1. The summed E-state index contributed by atoms with van der Waals surface area (Å²) in [6.07, 6.45) is 6.18. The van der Waals surface area contributed by atoms with E-state index in [0.717, 1.165) is 30.2 Å². The normalized spacial score (nSPS) is 26.3. The number of aromatic nitrogens is 4. The molecule has 2 aliphatic rings. The Kier molecular flexibility index (Phi) is 4.33. The van der Waals surface area contributed by atoms with Crippen molar-refractivity contribution in [3.05, 3.63) is 34.6 Å². The summed E-state index contributed by atoms with van der Waals surface area (Å²) in [7, 11) is 0. The molecule has 1 aliphatic carbocycles. The largest absolute Gasteiger partial charge is 0.389 e. The number of aliphatic hydroxyl groups is 1. The third-order valence-electron chi connectivity index (χ3n) is 5.50. The number of tetrazole rings is 1. The van der Waals surface area contributed by atoms with Crippen LogP contribution in [0.25, 0.3) is 5.69 Å². The van der Waals surface area contributed by atoms with Crippen molar-refractivity contribution in [2.24, 2.45) is 5.92 Å². The SMILES string of the molecule is O=C(c1cc(Br)ccc1-n1cnnn1)N1CC[C@@]2(O)CCCC[C@H]2C1. The van der Waals surface area contributed by atoms with Crippen molar-refractivity contribution in [1.29, 1.82) is 0 Å². The second-order valence-corrected chi connectivity index (χ2v) is 7.88. The molecule has 2 heterocycles. The molecule has 8 heteroatoms. The van der Waals surface area contributed by atoms with Gasteiger partial charge in [-0.1, -0.05) is 28.8 Å². The first kappa shape index (κ1) is 16.7. The minimum atomic E-state index is -0.592. The zero-order chi connectivity index (χ0) is 17.4. The Morgan fingerprint density at radius 3 is 3.00 bits per heavy atom. The number of benzene rings is 1. The van der Waals surface area contributed by atoms with E-state index in [4.69, 9.17) is 0 Å². The lowest BCUT2D eigenvalue weighted by atomic mass is 9.71. The van der Waals surface area contributed by atoms with Crippen molar-refractivity contribution in [3.63, 3.8) is 0 Å². The van der Waals surface area contributed by atoms with E-state index in [9.17, 15) is 9.90 Å². The van der Waals surface area contributed by atoms with Gasteiger partial charge in [0.05, 0.1) is 16.9 Å². The fourth-order valence-corrected chi connectivity index (χ4v) is 4.44. The van der Waals surface area contributed by atoms with Gasteiger partial charge in [0, 0.05) is 23.5 Å². The van der Waals surface area contributed by atoms with Crippen molar-refractivity contribution < 1.29 is 9.90 Å². The van der Waals surface area contributed by atoms with E-state index >= 15 is 0 Å². The first-order valence-corrected chi connectivity index (χ1v) is 9.41. The van der Waals surface area contributed by atoms with Gasteiger partial charge in [0.15, 0.2) is 0 Å². The molecule has 2 aromatic rings. The number of nitrogens with zero attached hydrogens (tertiary/aromatic N) is 5. The lowest BCUT2D eigenvalue weighted by molar-refractivity contribution is -0.0886. The molecule has 1 N–H and O–H groups in total. The smallest absolute Gasteiger partial charge is 0.256 e. The monoisotopic (exact) mass is 405 g/mol. The summed E-state index contributed by atoms with van der Waals surface area (Å²) in [5, 5.41) is 22.1. The molecule has 1 aliphatic heterocycles. The molecule has 2 fully saturated rings. The Labute approximate surface area is 154 Å². The van der Waals surface area contributed by atoms with Crippen LogP contribution in [0.3, 0.4) is 0 Å². The Bertz CT molecular complexity index is 781. The number of piperidine rings is 1. The molecule has 0 spiro atoms. The van der Waals surface area contributed by atoms with Crippen LogP contribution in [0, 0.1) is 5.92 Å². The van der Waals surface area contributed by atoms with Crippen molar-refractivity contribution in [3.8, 4) is 5.69 Å². The highest BCUT2D eigenvalue weighted by atomic mass is 79.9. The summed E-state index contributed by atoms with van der Waals surface area (Å²) in [6, 6.07) is 5.50. The molecule has 0 bridgehead atoms. The van der Waals surface area contributed by atoms with Crippen LogP contribution in [0.2, 0.25) is 0 Å². The fraction of sp³-hybridized carbons (Fsp3) is 0.529. The Hall–Kier alpha value is -1.80. The van der Waals surface area contributed by atoms with Gasteiger partial charge in [-0.2, -0.15) is 4.68 Å². The predicted octanol–water partition coefficient (Wildman–Crippen LogP) is 2.19. The van der Waals surface area contributed by atoms with Crippen LogP contribution in [-0.4, -0.2) is 54.8 Å². The quantitative estimate of drug-likeness (QED) is 0.827. The average Bonchev–Trinajstić information content (AvgIpc) is 3.14. The van der Waals surface area contributed by atoms with E-state index in [-0.39, 0.29) is 11.8 Å². The highest BCUT2D eigenvalue weighted by Crippen LogP contribution is 2.40. The van der Waals surface area contributed by atoms with Crippen LogP contribution in [0.15, 0.2) is 29.0 Å². The molecule has 1 saturated carbocycles. The Morgan fingerprint density at radius 2 is 2.20 bits per heavy atom. The van der Waals surface area contributed by atoms with Crippen molar-refractivity contribution in [1.82, 2.24) is 25.1 Å². The zero-order valence-corrected chi connectivity index (χ0v) is 15.4. The van der Waals surface area contributed by atoms with Crippen LogP contribution in [-0.2, 0) is 0 Å². The summed E-state index contributed by atoms with van der Waals surface area (Å²) in [4.78, 5) is 15.0. The second kappa shape index (κ2) is 6.49. The van der Waals surface area contributed by atoms with Crippen LogP contribution in [0.5, 0.6) is 0 Å². The first-order chi connectivity index (χ1) is 12.1. The number of hydrogen-bond acceptors (Lipinski definition) is 5. The van der Waals surface area contributed by atoms with Crippen LogP contribution in [0.1, 0.15) is 42.5 Å². The van der Waals surface area contributed by atoms with Gasteiger partial charge in [-0.25, -0.2) is 0 Å².